The molecule has 1 aromatic heterocycles. The van der Waals surface area contributed by atoms with Gasteiger partial charge in [0.25, 0.3) is 0 Å². The third-order valence-electron chi connectivity index (χ3n) is 3.42. The molecule has 4 nitrogen and oxygen atoms in total. The number of rotatable bonds is 4. The number of pyridine rings is 1. The van der Waals surface area contributed by atoms with Crippen molar-refractivity contribution in [2.75, 3.05) is 5.73 Å². The monoisotopic (exact) mass is 326 g/mol. The van der Waals surface area contributed by atoms with Crippen molar-refractivity contribution in [3.63, 3.8) is 0 Å². The molecule has 0 radical (unpaired) electrons. The van der Waals surface area contributed by atoms with E-state index in [0.29, 0.717) is 23.2 Å². The summed E-state index contributed by atoms with van der Waals surface area (Å²) in [6, 6.07) is 16.2. The molecule has 0 amide bonds. The summed E-state index contributed by atoms with van der Waals surface area (Å²) in [5.74, 6) is 1.03. The first-order valence-corrected chi connectivity index (χ1v) is 7.42. The smallest absolute Gasteiger partial charge is 0.166 e. The SMILES string of the molecule is Nc1ncc(-c2ccc(O)cc2)cc1OCc1ccccc1Cl. The van der Waals surface area contributed by atoms with Gasteiger partial charge in [0.05, 0.1) is 0 Å². The van der Waals surface area contributed by atoms with E-state index in [1.54, 1.807) is 30.5 Å². The number of phenolic OH excluding ortho intramolecular Hbond substituents is 1. The lowest BCUT2D eigenvalue weighted by Crippen LogP contribution is -2.01. The number of hydrogen-bond acceptors (Lipinski definition) is 4. The first-order valence-electron chi connectivity index (χ1n) is 7.04. The van der Waals surface area contributed by atoms with Gasteiger partial charge in [-0.25, -0.2) is 4.98 Å². The van der Waals surface area contributed by atoms with Gasteiger partial charge in [-0.05, 0) is 29.8 Å². The molecule has 5 heteroatoms. The number of aromatic nitrogens is 1. The summed E-state index contributed by atoms with van der Waals surface area (Å²) in [5.41, 5.74) is 8.53. The molecule has 0 aliphatic heterocycles. The first-order chi connectivity index (χ1) is 11.1. The second-order valence-corrected chi connectivity index (χ2v) is 5.44. The Morgan fingerprint density at radius 1 is 1.04 bits per heavy atom. The van der Waals surface area contributed by atoms with Crippen molar-refractivity contribution in [2.24, 2.45) is 0 Å². The Balaban J connectivity index is 1.83. The van der Waals surface area contributed by atoms with E-state index in [9.17, 15) is 5.11 Å². The Morgan fingerprint density at radius 2 is 1.78 bits per heavy atom. The molecule has 0 atom stereocenters. The molecule has 2 aromatic carbocycles. The number of nitrogens with two attached hydrogens (primary N) is 1. The maximum atomic E-state index is 9.37. The molecule has 1 heterocycles. The van der Waals surface area contributed by atoms with Crippen LogP contribution in [0.25, 0.3) is 11.1 Å². The molecule has 3 N–H and O–H groups in total. The molecule has 0 saturated heterocycles. The van der Waals surface area contributed by atoms with E-state index < -0.39 is 0 Å². The molecular weight excluding hydrogens is 312 g/mol. The predicted octanol–water partition coefficient (Wildman–Crippen LogP) is 4.27. The first kappa shape index (κ1) is 15.2. The van der Waals surface area contributed by atoms with Gasteiger partial charge >= 0.3 is 0 Å². The zero-order valence-electron chi connectivity index (χ0n) is 12.2. The van der Waals surface area contributed by atoms with E-state index in [1.165, 1.54) is 0 Å². The van der Waals surface area contributed by atoms with Crippen LogP contribution in [0.1, 0.15) is 5.56 Å². The van der Waals surface area contributed by atoms with Crippen molar-refractivity contribution in [1.29, 1.82) is 0 Å². The van der Waals surface area contributed by atoms with Crippen LogP contribution >= 0.6 is 11.6 Å². The van der Waals surface area contributed by atoms with E-state index in [4.69, 9.17) is 22.1 Å². The quantitative estimate of drug-likeness (QED) is 0.751. The van der Waals surface area contributed by atoms with E-state index in [-0.39, 0.29) is 5.75 Å². The van der Waals surface area contributed by atoms with Crippen LogP contribution in [0.15, 0.2) is 60.8 Å². The molecule has 23 heavy (non-hydrogen) atoms. The Morgan fingerprint density at radius 3 is 2.52 bits per heavy atom. The Kier molecular flexibility index (Phi) is 4.35. The van der Waals surface area contributed by atoms with Crippen molar-refractivity contribution in [1.82, 2.24) is 4.98 Å². The number of anilines is 1. The van der Waals surface area contributed by atoms with Gasteiger partial charge in [-0.2, -0.15) is 0 Å². The molecule has 116 valence electrons. The lowest BCUT2D eigenvalue weighted by molar-refractivity contribution is 0.307. The highest BCUT2D eigenvalue weighted by molar-refractivity contribution is 6.31. The molecule has 0 aliphatic carbocycles. The lowest BCUT2D eigenvalue weighted by atomic mass is 10.1. The van der Waals surface area contributed by atoms with Crippen LogP contribution < -0.4 is 10.5 Å². The van der Waals surface area contributed by atoms with Crippen molar-refractivity contribution in [2.45, 2.75) is 6.61 Å². The molecule has 0 spiro atoms. The summed E-state index contributed by atoms with van der Waals surface area (Å²) in [7, 11) is 0. The normalized spacial score (nSPS) is 10.5. The van der Waals surface area contributed by atoms with Crippen LogP contribution in [0, 0.1) is 0 Å². The third kappa shape index (κ3) is 3.55. The standard InChI is InChI=1S/C18H15ClN2O2/c19-16-4-2-1-3-13(16)11-23-17-9-14(10-21-18(17)20)12-5-7-15(22)8-6-12/h1-10,22H,11H2,(H2,20,21). The lowest BCUT2D eigenvalue weighted by Gasteiger charge is -2.11. The van der Waals surface area contributed by atoms with Crippen molar-refractivity contribution in [3.05, 3.63) is 71.4 Å². The zero-order valence-corrected chi connectivity index (χ0v) is 13.0. The summed E-state index contributed by atoms with van der Waals surface area (Å²) in [6.07, 6.45) is 1.67. The maximum absolute atomic E-state index is 9.37. The molecule has 3 aromatic rings. The average molecular weight is 327 g/mol. The fraction of sp³-hybridized carbons (Fsp3) is 0.0556. The fourth-order valence-corrected chi connectivity index (χ4v) is 2.34. The highest BCUT2D eigenvalue weighted by atomic mass is 35.5. The highest BCUT2D eigenvalue weighted by Crippen LogP contribution is 2.29. The molecule has 0 unspecified atom stereocenters. The number of nitrogens with zero attached hydrogens (tertiary/aromatic N) is 1. The van der Waals surface area contributed by atoms with Gasteiger partial charge in [0.2, 0.25) is 0 Å². The maximum Gasteiger partial charge on any atom is 0.166 e. The minimum atomic E-state index is 0.215. The largest absolute Gasteiger partial charge is 0.508 e. The second-order valence-electron chi connectivity index (χ2n) is 5.03. The van der Waals surface area contributed by atoms with Crippen LogP contribution in [0.4, 0.5) is 5.82 Å². The zero-order chi connectivity index (χ0) is 16.2. The topological polar surface area (TPSA) is 68.4 Å². The van der Waals surface area contributed by atoms with Crippen LogP contribution in [0.5, 0.6) is 11.5 Å². The third-order valence-corrected chi connectivity index (χ3v) is 3.79. The number of phenols is 1. The van der Waals surface area contributed by atoms with Crippen molar-refractivity contribution >= 4 is 17.4 Å². The Labute approximate surface area is 139 Å². The number of benzene rings is 2. The summed E-state index contributed by atoms with van der Waals surface area (Å²) >= 11 is 6.12. The van der Waals surface area contributed by atoms with Crippen LogP contribution in [-0.4, -0.2) is 10.1 Å². The Bertz CT molecular complexity index is 820. The highest BCUT2D eigenvalue weighted by Gasteiger charge is 2.07. The molecule has 3 rings (SSSR count). The fourth-order valence-electron chi connectivity index (χ4n) is 2.15. The van der Waals surface area contributed by atoms with E-state index in [1.807, 2.05) is 30.3 Å². The number of halogens is 1. The summed E-state index contributed by atoms with van der Waals surface area (Å²) in [4.78, 5) is 4.17. The van der Waals surface area contributed by atoms with Gasteiger partial charge in [0, 0.05) is 22.3 Å². The van der Waals surface area contributed by atoms with E-state index >= 15 is 0 Å². The summed E-state index contributed by atoms with van der Waals surface area (Å²) < 4.78 is 5.77. The Hall–Kier alpha value is -2.72. The minimum absolute atomic E-state index is 0.215. The predicted molar refractivity (Wildman–Crippen MR) is 91.5 cm³/mol. The van der Waals surface area contributed by atoms with Crippen LogP contribution in [0.2, 0.25) is 5.02 Å². The molecule has 0 saturated carbocycles. The second kappa shape index (κ2) is 6.58. The summed E-state index contributed by atoms with van der Waals surface area (Å²) in [5, 5.41) is 10.0. The summed E-state index contributed by atoms with van der Waals surface area (Å²) in [6.45, 7) is 0.310. The average Bonchev–Trinajstić information content (AvgIpc) is 2.56. The van der Waals surface area contributed by atoms with E-state index in [0.717, 1.165) is 16.7 Å². The van der Waals surface area contributed by atoms with Crippen molar-refractivity contribution in [3.8, 4) is 22.6 Å². The number of ether oxygens (including phenoxy) is 1. The number of aromatic hydroxyl groups is 1. The number of nitrogen functional groups attached to an aromatic ring is 1. The van der Waals surface area contributed by atoms with Crippen LogP contribution in [0.3, 0.4) is 0 Å². The van der Waals surface area contributed by atoms with Crippen LogP contribution in [-0.2, 0) is 6.61 Å². The van der Waals surface area contributed by atoms with E-state index in [2.05, 4.69) is 4.98 Å². The van der Waals surface area contributed by atoms with Gasteiger partial charge in [0.15, 0.2) is 11.6 Å². The molecular formula is C18H15ClN2O2. The van der Waals surface area contributed by atoms with Gasteiger partial charge in [-0.1, -0.05) is 41.9 Å². The molecule has 0 aliphatic rings. The van der Waals surface area contributed by atoms with Gasteiger partial charge in [-0.3, -0.25) is 0 Å². The van der Waals surface area contributed by atoms with Crippen molar-refractivity contribution < 1.29 is 9.84 Å². The molecule has 0 bridgehead atoms. The van der Waals surface area contributed by atoms with Gasteiger partial charge < -0.3 is 15.6 Å². The number of hydrogen-bond donors (Lipinski definition) is 2. The molecule has 0 fully saturated rings. The van der Waals surface area contributed by atoms with Gasteiger partial charge in [0.1, 0.15) is 12.4 Å². The van der Waals surface area contributed by atoms with Gasteiger partial charge in [-0.15, -0.1) is 0 Å². The minimum Gasteiger partial charge on any atom is -0.508 e.